The number of phosphoric ester groups is 3. The summed E-state index contributed by atoms with van der Waals surface area (Å²) in [6.07, 6.45) is -12.8. The van der Waals surface area contributed by atoms with Crippen LogP contribution in [0.3, 0.4) is 0 Å². The van der Waals surface area contributed by atoms with Crippen molar-refractivity contribution in [2.75, 3.05) is 58.3 Å². The van der Waals surface area contributed by atoms with E-state index >= 15 is 0 Å². The summed E-state index contributed by atoms with van der Waals surface area (Å²) in [5, 5.41) is 24.2. The number of aromatic nitrogens is 12. The lowest BCUT2D eigenvalue weighted by atomic mass is 9.94. The second-order valence-electron chi connectivity index (χ2n) is 17.7. The lowest BCUT2D eigenvalue weighted by molar-refractivity contribution is -0.646. The summed E-state index contributed by atoms with van der Waals surface area (Å²) in [7, 11) is -18.3. The van der Waals surface area contributed by atoms with Gasteiger partial charge in [0, 0.05) is 33.6 Å². The van der Waals surface area contributed by atoms with Gasteiger partial charge in [-0.25, -0.2) is 42.8 Å². The first kappa shape index (κ1) is 59.0. The van der Waals surface area contributed by atoms with Crippen molar-refractivity contribution >= 4 is 88.4 Å². The number of anilines is 3. The number of amides is 1. The molecule has 0 spiro atoms. The van der Waals surface area contributed by atoms with Crippen LogP contribution in [0.4, 0.5) is 17.7 Å². The quantitative estimate of drug-likeness (QED) is 0.0230. The Morgan fingerprint density at radius 3 is 1.89 bits per heavy atom. The number of H-pyrrole nitrogens is 2. The van der Waals surface area contributed by atoms with Crippen molar-refractivity contribution in [1.29, 1.82) is 0 Å². The van der Waals surface area contributed by atoms with E-state index in [-0.39, 0.29) is 57.6 Å². The number of carbonyl (C=O) groups excluding carboxylic acids is 1. The van der Waals surface area contributed by atoms with Crippen molar-refractivity contribution in [2.45, 2.75) is 73.9 Å². The van der Waals surface area contributed by atoms with E-state index in [1.807, 2.05) is 0 Å². The Bertz CT molecular complexity index is 3640. The van der Waals surface area contributed by atoms with Crippen molar-refractivity contribution in [3.05, 3.63) is 46.0 Å². The van der Waals surface area contributed by atoms with Crippen LogP contribution in [-0.4, -0.2) is 179 Å². The zero-order valence-electron chi connectivity index (χ0n) is 41.6. The van der Waals surface area contributed by atoms with Crippen molar-refractivity contribution in [3.63, 3.8) is 0 Å². The van der Waals surface area contributed by atoms with Gasteiger partial charge in [-0.2, -0.15) is 23.2 Å². The molecule has 6 aromatic heterocycles. The van der Waals surface area contributed by atoms with Crippen LogP contribution in [0.25, 0.3) is 33.5 Å². The first-order valence-electron chi connectivity index (χ1n) is 23.0. The Labute approximate surface area is 445 Å². The van der Waals surface area contributed by atoms with Gasteiger partial charge in [0.25, 0.3) is 16.7 Å². The highest BCUT2D eigenvalue weighted by Gasteiger charge is 2.54. The second kappa shape index (κ2) is 22.6. The van der Waals surface area contributed by atoms with E-state index in [4.69, 9.17) is 59.0 Å². The Balaban J connectivity index is 0.881. The van der Waals surface area contributed by atoms with E-state index < -0.39 is 142 Å². The maximum Gasteiger partial charge on any atom is 0.490 e. The predicted octanol–water partition coefficient (Wildman–Crippen LogP) is -3.67. The van der Waals surface area contributed by atoms with E-state index in [9.17, 15) is 62.4 Å². The van der Waals surface area contributed by atoms with Crippen LogP contribution in [-0.2, 0) is 80.5 Å². The number of aryl methyl sites for hydroxylation is 1. The highest BCUT2D eigenvalue weighted by molar-refractivity contribution is 7.66. The summed E-state index contributed by atoms with van der Waals surface area (Å²) in [6, 6.07) is 0. The van der Waals surface area contributed by atoms with Crippen molar-refractivity contribution in [2.24, 2.45) is 13.0 Å². The van der Waals surface area contributed by atoms with Gasteiger partial charge in [0.15, 0.2) is 35.1 Å². The smallest absolute Gasteiger partial charge is 0.387 e. The van der Waals surface area contributed by atoms with Gasteiger partial charge in [0.1, 0.15) is 54.6 Å². The third-order valence-electron chi connectivity index (χ3n) is 12.7. The topological polar surface area (TPSA) is 560 Å². The molecule has 0 aliphatic carbocycles. The van der Waals surface area contributed by atoms with Gasteiger partial charge in [-0.3, -0.25) is 51.6 Å². The number of hydrogen-bond donors (Lipinski definition) is 12. The molecule has 9 rings (SSSR count). The van der Waals surface area contributed by atoms with Crippen molar-refractivity contribution in [1.82, 2.24) is 58.9 Å². The summed E-state index contributed by atoms with van der Waals surface area (Å²) in [5.41, 5.74) is 15.8. The number of hydrogen-bond acceptors (Lipinski definition) is 29. The average Bonchev–Trinajstić information content (AvgIpc) is 4.31. The molecule has 1 amide bonds. The zero-order chi connectivity index (χ0) is 58.0. The Morgan fingerprint density at radius 1 is 0.688 bits per heavy atom. The molecule has 438 valence electrons. The molecule has 40 nitrogen and oxygen atoms in total. The van der Waals surface area contributed by atoms with Crippen LogP contribution in [0.1, 0.15) is 25.1 Å². The summed E-state index contributed by atoms with van der Waals surface area (Å²) in [5.74, 6) is -2.22. The minimum atomic E-state index is -6.21. The number of aliphatic hydroxyl groups is 2. The standard InChI is InChI=1S/C36H50N16O24P4/c1-40-17(53)5-13-14(71-33(23(13)66-3)52-12-49(2)20-29(52)46-36(39)48-31(20)57)6-69-78(60,61)75-80(64,65)76-79(62,63)70-8-16-24(25(67-4)34(73-16)50-10-43-18-26(37)41-9-42-27(18)50)74-77(58,59)68-7-15-21(54)22(55)32(72-15)51-11-44-19-28(51)45-35(38)47-30(19)56/h9-16,21-25,32-34,54-55H,5-8H2,1-4H3,(H12-,37,38,39,40,41,42,45,46,47,48,53,56,57,58,59,60,61,62,63,64,65)/p+1/t13-,14-,15-,16-,21-,22-,23-,24-,25-,32-,33?,34-/m1/s1. The first-order chi connectivity index (χ1) is 37.6. The van der Waals surface area contributed by atoms with E-state index in [1.54, 1.807) is 0 Å². The van der Waals surface area contributed by atoms with E-state index in [0.29, 0.717) is 0 Å². The maximum atomic E-state index is 13.7. The number of imidazole rings is 3. The number of aromatic amines is 2. The third-order valence-corrected chi connectivity index (χ3v) is 17.9. The Kier molecular flexibility index (Phi) is 16.7. The molecule has 0 aromatic carbocycles. The minimum absolute atomic E-state index is 0.0105. The van der Waals surface area contributed by atoms with Gasteiger partial charge < -0.3 is 76.0 Å². The number of fused-ring (bicyclic) bond motifs is 3. The predicted molar refractivity (Wildman–Crippen MR) is 260 cm³/mol. The molecular weight excluding hydrogens is 1160 g/mol. The molecule has 0 saturated carbocycles. The molecule has 9 heterocycles. The van der Waals surface area contributed by atoms with Crippen LogP contribution < -0.4 is 38.2 Å². The highest BCUT2D eigenvalue weighted by Crippen LogP contribution is 2.68. The molecule has 0 radical (unpaired) electrons. The highest BCUT2D eigenvalue weighted by atomic mass is 31.3. The molecule has 3 aliphatic rings. The monoisotopic (exact) mass is 1220 g/mol. The fourth-order valence-corrected chi connectivity index (χ4v) is 13.7. The number of phosphoric acid groups is 4. The lowest BCUT2D eigenvalue weighted by Gasteiger charge is -2.26. The maximum absolute atomic E-state index is 13.7. The third kappa shape index (κ3) is 12.0. The van der Waals surface area contributed by atoms with Gasteiger partial charge in [-0.05, 0) is 0 Å². The molecule has 44 heteroatoms. The van der Waals surface area contributed by atoms with Gasteiger partial charge in [-0.1, -0.05) is 0 Å². The van der Waals surface area contributed by atoms with Gasteiger partial charge >= 0.3 is 36.9 Å². The fraction of sp³-hybridized carbons (Fsp3) is 0.556. The van der Waals surface area contributed by atoms with Crippen LogP contribution >= 0.6 is 31.3 Å². The molecule has 5 unspecified atom stereocenters. The Hall–Kier alpha value is -5.64. The van der Waals surface area contributed by atoms with E-state index in [0.717, 1.165) is 30.7 Å². The zero-order valence-corrected chi connectivity index (χ0v) is 45.2. The summed E-state index contributed by atoms with van der Waals surface area (Å²) < 4.78 is 117. The Morgan fingerprint density at radius 2 is 1.24 bits per heavy atom. The van der Waals surface area contributed by atoms with Crippen LogP contribution in [0.5, 0.6) is 0 Å². The number of nitrogen functional groups attached to an aromatic ring is 3. The van der Waals surface area contributed by atoms with Crippen molar-refractivity contribution < 1.29 is 108 Å². The molecule has 80 heavy (non-hydrogen) atoms. The minimum Gasteiger partial charge on any atom is -0.387 e. The second-order valence-corrected chi connectivity index (χ2v) is 23.8. The van der Waals surface area contributed by atoms with E-state index in [2.05, 4.69) is 53.8 Å². The number of ether oxygens (including phenoxy) is 5. The van der Waals surface area contributed by atoms with Crippen LogP contribution in [0.15, 0.2) is 34.9 Å². The fourth-order valence-electron chi connectivity index (χ4n) is 9.21. The molecule has 3 fully saturated rings. The summed E-state index contributed by atoms with van der Waals surface area (Å²) in [4.78, 5) is 110. The molecule has 0 bridgehead atoms. The molecule has 15 N–H and O–H groups in total. The number of nitrogens with one attached hydrogen (secondary N) is 3. The van der Waals surface area contributed by atoms with Gasteiger partial charge in [0.05, 0.1) is 45.6 Å². The molecule has 3 aliphatic heterocycles. The average molecular weight is 1220 g/mol. The summed E-state index contributed by atoms with van der Waals surface area (Å²) >= 11 is 0. The number of nitrogens with two attached hydrogens (primary N) is 3. The van der Waals surface area contributed by atoms with Gasteiger partial charge in [-0.15, -0.1) is 0 Å². The number of nitrogens with zero attached hydrogens (tertiary/aromatic N) is 10. The first-order valence-corrected chi connectivity index (χ1v) is 29.0. The van der Waals surface area contributed by atoms with Crippen molar-refractivity contribution in [3.8, 4) is 0 Å². The summed E-state index contributed by atoms with van der Waals surface area (Å²) in [6.45, 7) is -3.22. The SMILES string of the molecule is CNC(=O)C[C@@H]1[C@@H](COP(=O)(O)OP(=O)(O)OP(=O)(O)OC[C@H]2O[C@@H](n3cnc4c(N)ncnc43)[C@H](OC)[C@@H]2OP(=O)(O)OC[C@H]2O[C@@H](n3cnc4c(=O)[nH]c(N)nc43)[C@H](O)[C@@H]2O)OC(n2c[n+](C)c3c(=O)[nH]c(N)nc32)[C@@H]1OC. The number of carbonyl (C=O) groups is 1. The number of aliphatic hydroxyl groups excluding tert-OH is 2. The molecule has 3 saturated heterocycles. The lowest BCUT2D eigenvalue weighted by Crippen LogP contribution is -2.38. The van der Waals surface area contributed by atoms with Crippen LogP contribution in [0, 0.1) is 5.92 Å². The number of rotatable bonds is 22. The molecule has 6 aromatic rings. The molecular formula is C36H51N16O24P4+. The largest absolute Gasteiger partial charge is 0.490 e. The molecule has 16 atom stereocenters. The van der Waals surface area contributed by atoms with Gasteiger partial charge in [0.2, 0.25) is 30.4 Å². The number of methoxy groups -OCH3 is 2. The normalized spacial score (nSPS) is 29.2. The van der Waals surface area contributed by atoms with E-state index in [1.165, 1.54) is 41.2 Å². The van der Waals surface area contributed by atoms with Crippen LogP contribution in [0.2, 0.25) is 0 Å².